The topological polar surface area (TPSA) is 92.1 Å². The van der Waals surface area contributed by atoms with Crippen LogP contribution in [0.2, 0.25) is 0 Å². The number of piperazine rings is 1. The Hall–Kier alpha value is -3.83. The molecule has 0 bridgehead atoms. The van der Waals surface area contributed by atoms with Gasteiger partial charge in [0.15, 0.2) is 11.6 Å². The molecule has 282 valence electrons. The summed E-state index contributed by atoms with van der Waals surface area (Å²) >= 11 is 0. The molecule has 1 N–H and O–H groups in total. The standard InChI is InChI=1S/C41H58F2N8O/c1-5-6-7-8-9-10-11-12-13-14-15-16-34(52)19-20-49-21-23-50(24-22-49)29-32-17-18-38(44-27-32)47-41-45-28-36(43)39(48-41)33-25-35(42)40-37(26-33)51(30(2)3)31(4)46-40/h17-18,25-28,30H,5-16,19-24,29H2,1-4H3,(H,44,45,47,48). The Morgan fingerprint density at radius 3 is 2.13 bits per heavy atom. The summed E-state index contributed by atoms with van der Waals surface area (Å²) in [7, 11) is 0. The van der Waals surface area contributed by atoms with Gasteiger partial charge >= 0.3 is 0 Å². The number of fused-ring (bicyclic) bond motifs is 1. The van der Waals surface area contributed by atoms with Crippen molar-refractivity contribution in [3.05, 3.63) is 59.7 Å². The predicted octanol–water partition coefficient (Wildman–Crippen LogP) is 9.58. The molecule has 0 atom stereocenters. The molecule has 1 fully saturated rings. The van der Waals surface area contributed by atoms with Crippen LogP contribution in [-0.4, -0.2) is 72.8 Å². The van der Waals surface area contributed by atoms with E-state index in [4.69, 9.17) is 0 Å². The molecule has 52 heavy (non-hydrogen) atoms. The van der Waals surface area contributed by atoms with E-state index >= 15 is 4.39 Å². The number of pyridine rings is 1. The van der Waals surface area contributed by atoms with Gasteiger partial charge in [0.25, 0.3) is 0 Å². The van der Waals surface area contributed by atoms with Crippen LogP contribution < -0.4 is 5.32 Å². The van der Waals surface area contributed by atoms with Crippen molar-refractivity contribution in [1.29, 1.82) is 0 Å². The van der Waals surface area contributed by atoms with Crippen molar-refractivity contribution in [3.63, 3.8) is 0 Å². The van der Waals surface area contributed by atoms with Gasteiger partial charge in [-0.05, 0) is 51.0 Å². The molecular weight excluding hydrogens is 659 g/mol. The number of ketones is 1. The van der Waals surface area contributed by atoms with Crippen LogP contribution in [0.15, 0.2) is 36.7 Å². The number of nitrogens with zero attached hydrogens (tertiary/aromatic N) is 7. The van der Waals surface area contributed by atoms with Crippen molar-refractivity contribution in [2.45, 2.75) is 124 Å². The minimum atomic E-state index is -0.647. The van der Waals surface area contributed by atoms with Crippen LogP contribution in [0.25, 0.3) is 22.3 Å². The number of halogens is 2. The van der Waals surface area contributed by atoms with Crippen LogP contribution in [0.1, 0.15) is 122 Å². The SMILES string of the molecule is CCCCCCCCCCCCCC(=O)CCN1CCN(Cc2ccc(Nc3ncc(F)c(-c4cc(F)c5nc(C)n(C(C)C)c5c4)n3)nc2)CC1. The van der Waals surface area contributed by atoms with Crippen molar-refractivity contribution in [1.82, 2.24) is 34.3 Å². The summed E-state index contributed by atoms with van der Waals surface area (Å²) in [6, 6.07) is 6.91. The number of carbonyl (C=O) groups excluding carboxylic acids is 1. The summed E-state index contributed by atoms with van der Waals surface area (Å²) in [5, 5.41) is 3.06. The molecule has 4 heterocycles. The zero-order valence-corrected chi connectivity index (χ0v) is 31.8. The van der Waals surface area contributed by atoms with Crippen molar-refractivity contribution in [2.24, 2.45) is 0 Å². The van der Waals surface area contributed by atoms with Gasteiger partial charge in [-0.2, -0.15) is 0 Å². The fraction of sp³-hybridized carbons (Fsp3) is 0.585. The van der Waals surface area contributed by atoms with E-state index in [0.29, 0.717) is 34.9 Å². The molecule has 0 amide bonds. The third-order valence-electron chi connectivity index (χ3n) is 10.2. The van der Waals surface area contributed by atoms with Crippen LogP contribution in [-0.2, 0) is 11.3 Å². The first-order valence-corrected chi connectivity index (χ1v) is 19.6. The second kappa shape index (κ2) is 19.9. The van der Waals surface area contributed by atoms with Gasteiger partial charge < -0.3 is 14.8 Å². The van der Waals surface area contributed by atoms with E-state index in [1.165, 1.54) is 70.3 Å². The molecule has 1 aromatic carbocycles. The minimum Gasteiger partial charge on any atom is -0.326 e. The van der Waals surface area contributed by atoms with Gasteiger partial charge in [0.1, 0.15) is 28.6 Å². The maximum atomic E-state index is 15.1. The van der Waals surface area contributed by atoms with Crippen molar-refractivity contribution in [2.75, 3.05) is 38.0 Å². The third kappa shape index (κ3) is 11.3. The summed E-state index contributed by atoms with van der Waals surface area (Å²) < 4.78 is 32.0. The average Bonchev–Trinajstić information content (AvgIpc) is 3.48. The van der Waals surface area contributed by atoms with Gasteiger partial charge in [0.2, 0.25) is 5.95 Å². The lowest BCUT2D eigenvalue weighted by Gasteiger charge is -2.34. The van der Waals surface area contributed by atoms with Gasteiger partial charge in [-0.3, -0.25) is 9.69 Å². The number of Topliss-reactive ketones (excluding diaryl/α,β-unsaturated/α-hetero) is 1. The van der Waals surface area contributed by atoms with Gasteiger partial charge in [0.05, 0.1) is 11.7 Å². The fourth-order valence-electron chi connectivity index (χ4n) is 7.22. The molecule has 0 saturated carbocycles. The maximum absolute atomic E-state index is 15.1. The number of anilines is 2. The Labute approximate surface area is 308 Å². The van der Waals surface area contributed by atoms with E-state index in [1.54, 1.807) is 6.07 Å². The summed E-state index contributed by atoms with van der Waals surface area (Å²) in [6.45, 7) is 13.5. The molecule has 0 radical (unpaired) electrons. The van der Waals surface area contributed by atoms with E-state index in [2.05, 4.69) is 42.0 Å². The van der Waals surface area contributed by atoms with Crippen LogP contribution >= 0.6 is 0 Å². The van der Waals surface area contributed by atoms with Gasteiger partial charge in [-0.25, -0.2) is 28.7 Å². The van der Waals surface area contributed by atoms with Gasteiger partial charge in [-0.15, -0.1) is 0 Å². The third-order valence-corrected chi connectivity index (χ3v) is 10.2. The van der Waals surface area contributed by atoms with Crippen LogP contribution in [0, 0.1) is 18.6 Å². The molecule has 0 unspecified atom stereocenters. The average molecular weight is 717 g/mol. The van der Waals surface area contributed by atoms with Gasteiger partial charge in [-0.1, -0.05) is 77.2 Å². The van der Waals surface area contributed by atoms with Crippen LogP contribution in [0.5, 0.6) is 0 Å². The number of imidazole rings is 1. The molecule has 4 aromatic rings. The van der Waals surface area contributed by atoms with Gasteiger partial charge in [0, 0.05) is 69.9 Å². The van der Waals surface area contributed by atoms with Crippen LogP contribution in [0.3, 0.4) is 0 Å². The van der Waals surface area contributed by atoms with Crippen LogP contribution in [0.4, 0.5) is 20.5 Å². The highest BCUT2D eigenvalue weighted by atomic mass is 19.1. The molecule has 0 spiro atoms. The van der Waals surface area contributed by atoms with E-state index in [0.717, 1.165) is 63.9 Å². The number of hydrogen-bond acceptors (Lipinski definition) is 8. The lowest BCUT2D eigenvalue weighted by molar-refractivity contribution is -0.119. The molecule has 1 saturated heterocycles. The first-order valence-electron chi connectivity index (χ1n) is 19.6. The van der Waals surface area contributed by atoms with Crippen molar-refractivity contribution >= 4 is 28.6 Å². The lowest BCUT2D eigenvalue weighted by Crippen LogP contribution is -2.46. The highest BCUT2D eigenvalue weighted by Crippen LogP contribution is 2.30. The Morgan fingerprint density at radius 1 is 0.808 bits per heavy atom. The molecule has 0 aliphatic carbocycles. The maximum Gasteiger partial charge on any atom is 0.229 e. The number of benzene rings is 1. The predicted molar refractivity (Wildman–Crippen MR) is 206 cm³/mol. The number of aromatic nitrogens is 5. The lowest BCUT2D eigenvalue weighted by atomic mass is 10.0. The number of rotatable bonds is 21. The Bertz CT molecular complexity index is 1720. The Kier molecular flexibility index (Phi) is 15.0. The number of nitrogens with one attached hydrogen (secondary N) is 1. The Balaban J connectivity index is 1.01. The molecule has 5 rings (SSSR count). The highest BCUT2D eigenvalue weighted by molar-refractivity contribution is 5.83. The molecular formula is C41H58F2N8O. The number of unbranched alkanes of at least 4 members (excludes halogenated alkanes) is 10. The monoisotopic (exact) mass is 716 g/mol. The Morgan fingerprint density at radius 2 is 1.48 bits per heavy atom. The highest BCUT2D eigenvalue weighted by Gasteiger charge is 2.20. The summed E-state index contributed by atoms with van der Waals surface area (Å²) in [4.78, 5) is 34.7. The van der Waals surface area contributed by atoms with E-state index in [-0.39, 0.29) is 23.2 Å². The number of carbonyl (C=O) groups is 1. The number of aryl methyl sites for hydroxylation is 1. The molecule has 3 aromatic heterocycles. The van der Waals surface area contributed by atoms with Crippen molar-refractivity contribution < 1.29 is 13.6 Å². The second-order valence-corrected chi connectivity index (χ2v) is 14.7. The smallest absolute Gasteiger partial charge is 0.229 e. The first-order chi connectivity index (χ1) is 25.2. The number of hydrogen-bond donors (Lipinski definition) is 1. The van der Waals surface area contributed by atoms with E-state index in [1.807, 2.05) is 43.7 Å². The van der Waals surface area contributed by atoms with E-state index < -0.39 is 11.6 Å². The summed E-state index contributed by atoms with van der Waals surface area (Å²) in [6.07, 6.45) is 18.6. The zero-order chi connectivity index (χ0) is 36.9. The molecule has 9 nitrogen and oxygen atoms in total. The second-order valence-electron chi connectivity index (χ2n) is 14.7. The zero-order valence-electron chi connectivity index (χ0n) is 31.8. The summed E-state index contributed by atoms with van der Waals surface area (Å²) in [5.74, 6) is 0.614. The van der Waals surface area contributed by atoms with E-state index in [9.17, 15) is 9.18 Å². The van der Waals surface area contributed by atoms with Crippen molar-refractivity contribution in [3.8, 4) is 11.3 Å². The molecule has 1 aliphatic heterocycles. The largest absolute Gasteiger partial charge is 0.326 e. The minimum absolute atomic E-state index is 0.00284. The summed E-state index contributed by atoms with van der Waals surface area (Å²) in [5.41, 5.74) is 2.24. The quantitative estimate of drug-likeness (QED) is 0.0853. The normalized spacial score (nSPS) is 14.1. The fourth-order valence-corrected chi connectivity index (χ4v) is 7.22. The molecule has 1 aliphatic rings. The molecule has 11 heteroatoms. The first kappa shape index (κ1) is 39.4.